The number of carbonyl (C=O) groups is 2. The maximum atomic E-state index is 12.6. The van der Waals surface area contributed by atoms with Gasteiger partial charge in [-0.15, -0.1) is 0 Å². The number of carbonyl (C=O) groups excluding carboxylic acids is 2. The Labute approximate surface area is 168 Å². The van der Waals surface area contributed by atoms with E-state index < -0.39 is 28.6 Å². The van der Waals surface area contributed by atoms with Crippen molar-refractivity contribution in [1.29, 1.82) is 0 Å². The number of nitrogens with zero attached hydrogens (tertiary/aromatic N) is 1. The topological polar surface area (TPSA) is 117 Å². The summed E-state index contributed by atoms with van der Waals surface area (Å²) in [6, 6.07) is 2.39. The van der Waals surface area contributed by atoms with E-state index in [0.29, 0.717) is 11.8 Å². The zero-order valence-corrected chi connectivity index (χ0v) is 16.8. The molecule has 4 atom stereocenters. The molecule has 158 valence electrons. The van der Waals surface area contributed by atoms with Gasteiger partial charge in [0, 0.05) is 12.1 Å². The van der Waals surface area contributed by atoms with Gasteiger partial charge >= 0.3 is 5.97 Å². The van der Waals surface area contributed by atoms with Crippen molar-refractivity contribution in [3.63, 3.8) is 0 Å². The molecule has 2 aliphatic rings. The minimum Gasteiger partial charge on any atom is -0.486 e. The smallest absolute Gasteiger partial charge is 0.346 e. The van der Waals surface area contributed by atoms with Crippen molar-refractivity contribution >= 4 is 17.6 Å². The molecule has 1 fully saturated rings. The molecule has 1 aromatic carbocycles. The Kier molecular flexibility index (Phi) is 6.24. The fraction of sp³-hybridized carbons (Fsp3) is 0.600. The van der Waals surface area contributed by atoms with Gasteiger partial charge in [0.25, 0.3) is 11.6 Å². The van der Waals surface area contributed by atoms with E-state index >= 15 is 0 Å². The van der Waals surface area contributed by atoms with Gasteiger partial charge in [0.1, 0.15) is 18.8 Å². The van der Waals surface area contributed by atoms with Gasteiger partial charge < -0.3 is 19.5 Å². The lowest BCUT2D eigenvalue weighted by Crippen LogP contribution is -2.47. The third-order valence-electron chi connectivity index (χ3n) is 5.76. The second-order valence-corrected chi connectivity index (χ2v) is 7.70. The highest BCUT2D eigenvalue weighted by Crippen LogP contribution is 2.37. The van der Waals surface area contributed by atoms with Crippen molar-refractivity contribution in [2.24, 2.45) is 11.8 Å². The lowest BCUT2D eigenvalue weighted by atomic mass is 9.78. The highest BCUT2D eigenvalue weighted by molar-refractivity contribution is 5.96. The molecule has 1 amide bonds. The van der Waals surface area contributed by atoms with Crippen molar-refractivity contribution in [3.05, 3.63) is 27.8 Å². The molecule has 0 aromatic heterocycles. The van der Waals surface area contributed by atoms with Crippen molar-refractivity contribution in [2.75, 3.05) is 13.2 Å². The number of ether oxygens (including phenoxy) is 3. The van der Waals surface area contributed by atoms with E-state index in [2.05, 4.69) is 19.2 Å². The number of rotatable bonds is 5. The Hall–Kier alpha value is -2.84. The summed E-state index contributed by atoms with van der Waals surface area (Å²) < 4.78 is 15.9. The van der Waals surface area contributed by atoms with Crippen LogP contribution in [0, 0.1) is 22.0 Å². The minimum absolute atomic E-state index is 0.0241. The van der Waals surface area contributed by atoms with Crippen LogP contribution in [-0.2, 0) is 9.53 Å². The molecule has 1 heterocycles. The van der Waals surface area contributed by atoms with Crippen LogP contribution in [0.2, 0.25) is 0 Å². The van der Waals surface area contributed by atoms with E-state index in [-0.39, 0.29) is 36.3 Å². The number of nitrogens with one attached hydrogen (secondary N) is 1. The molecule has 0 unspecified atom stereocenters. The number of amides is 1. The monoisotopic (exact) mass is 406 g/mol. The molecule has 0 saturated heterocycles. The van der Waals surface area contributed by atoms with Gasteiger partial charge in [-0.1, -0.05) is 26.7 Å². The zero-order valence-electron chi connectivity index (χ0n) is 16.8. The molecule has 0 bridgehead atoms. The molecule has 1 aliphatic carbocycles. The Balaban J connectivity index is 1.70. The third kappa shape index (κ3) is 4.60. The lowest BCUT2D eigenvalue weighted by Gasteiger charge is -2.35. The Morgan fingerprint density at radius 3 is 2.52 bits per heavy atom. The molecular formula is C20H26N2O7. The van der Waals surface area contributed by atoms with Crippen LogP contribution in [-0.4, -0.2) is 42.2 Å². The van der Waals surface area contributed by atoms with Crippen molar-refractivity contribution in [1.82, 2.24) is 5.32 Å². The van der Waals surface area contributed by atoms with E-state index in [9.17, 15) is 19.7 Å². The van der Waals surface area contributed by atoms with Gasteiger partial charge in [-0.05, 0) is 25.2 Å². The summed E-state index contributed by atoms with van der Waals surface area (Å²) in [7, 11) is 0. The van der Waals surface area contributed by atoms with Crippen molar-refractivity contribution in [3.8, 4) is 11.5 Å². The zero-order chi connectivity index (χ0) is 21.1. The fourth-order valence-corrected chi connectivity index (χ4v) is 3.76. The first kappa shape index (κ1) is 20.9. The molecule has 0 spiro atoms. The van der Waals surface area contributed by atoms with Crippen LogP contribution in [0.5, 0.6) is 11.5 Å². The first-order valence-electron chi connectivity index (χ1n) is 9.87. The third-order valence-corrected chi connectivity index (χ3v) is 5.76. The summed E-state index contributed by atoms with van der Waals surface area (Å²) in [5.41, 5.74) is -0.736. The van der Waals surface area contributed by atoms with Crippen LogP contribution in [0.15, 0.2) is 12.1 Å². The number of nitro groups is 1. The molecule has 1 N–H and O–H groups in total. The molecule has 9 nitrogen and oxygen atoms in total. The van der Waals surface area contributed by atoms with Crippen LogP contribution < -0.4 is 14.8 Å². The second-order valence-electron chi connectivity index (χ2n) is 7.70. The van der Waals surface area contributed by atoms with Crippen LogP contribution in [0.4, 0.5) is 5.69 Å². The number of hydrogen-bond donors (Lipinski definition) is 1. The number of hydrogen-bond acceptors (Lipinski definition) is 7. The van der Waals surface area contributed by atoms with Crippen LogP contribution in [0.3, 0.4) is 0 Å². The van der Waals surface area contributed by atoms with Crippen LogP contribution >= 0.6 is 0 Å². The van der Waals surface area contributed by atoms with E-state index in [1.165, 1.54) is 13.0 Å². The van der Waals surface area contributed by atoms with Gasteiger partial charge in [-0.3, -0.25) is 14.9 Å². The first-order valence-corrected chi connectivity index (χ1v) is 9.87. The largest absolute Gasteiger partial charge is 0.486 e. The quantitative estimate of drug-likeness (QED) is 0.454. The number of esters is 1. The molecule has 1 aliphatic heterocycles. The molecule has 29 heavy (non-hydrogen) atoms. The highest BCUT2D eigenvalue weighted by atomic mass is 16.6. The van der Waals surface area contributed by atoms with Crippen molar-refractivity contribution < 1.29 is 28.7 Å². The standard InChI is InChI=1S/C20H26N2O7/c1-11-5-4-6-15(12(11)2)21-19(23)13(3)29-20(24)14-9-17-18(28-8-7-27-17)10-16(14)22(25)26/h9-13,15H,4-8H2,1-3H3,(H,21,23)/t11-,12+,13+,15+/m0/s1. The summed E-state index contributed by atoms with van der Waals surface area (Å²) in [5.74, 6) is -0.103. The Morgan fingerprint density at radius 1 is 1.21 bits per heavy atom. The average Bonchev–Trinajstić information content (AvgIpc) is 2.70. The Bertz CT molecular complexity index is 810. The Morgan fingerprint density at radius 2 is 1.86 bits per heavy atom. The van der Waals surface area contributed by atoms with E-state index in [1.54, 1.807) is 0 Å². The second kappa shape index (κ2) is 8.67. The van der Waals surface area contributed by atoms with Crippen molar-refractivity contribution in [2.45, 2.75) is 52.2 Å². The SMILES string of the molecule is C[C@@H]1[C@@H](C)CCC[C@H]1NC(=O)[C@@H](C)OC(=O)c1cc2c(cc1[N+](=O)[O-])OCCO2. The first-order chi connectivity index (χ1) is 13.8. The van der Waals surface area contributed by atoms with E-state index in [0.717, 1.165) is 25.3 Å². The summed E-state index contributed by atoms with van der Waals surface area (Å²) in [6.45, 7) is 6.25. The average molecular weight is 406 g/mol. The van der Waals surface area contributed by atoms with E-state index in [4.69, 9.17) is 14.2 Å². The maximum absolute atomic E-state index is 12.6. The summed E-state index contributed by atoms with van der Waals surface area (Å²) in [6.07, 6.45) is 1.96. The van der Waals surface area contributed by atoms with Gasteiger partial charge in [0.05, 0.1) is 11.0 Å². The predicted molar refractivity (Wildman–Crippen MR) is 103 cm³/mol. The maximum Gasteiger partial charge on any atom is 0.346 e. The number of nitro benzene ring substituents is 1. The van der Waals surface area contributed by atoms with Gasteiger partial charge in [0.15, 0.2) is 17.6 Å². The van der Waals surface area contributed by atoms with E-state index in [1.807, 2.05) is 0 Å². The molecule has 3 rings (SSSR count). The number of fused-ring (bicyclic) bond motifs is 1. The predicted octanol–water partition coefficient (Wildman–Crippen LogP) is 2.85. The summed E-state index contributed by atoms with van der Waals surface area (Å²) in [5, 5.41) is 14.3. The number of benzene rings is 1. The lowest BCUT2D eigenvalue weighted by molar-refractivity contribution is -0.385. The molecular weight excluding hydrogens is 380 g/mol. The summed E-state index contributed by atoms with van der Waals surface area (Å²) in [4.78, 5) is 35.8. The van der Waals surface area contributed by atoms with Gasteiger partial charge in [0.2, 0.25) is 0 Å². The minimum atomic E-state index is -1.08. The molecule has 1 aromatic rings. The van der Waals surface area contributed by atoms with Gasteiger partial charge in [-0.25, -0.2) is 4.79 Å². The van der Waals surface area contributed by atoms with Crippen LogP contribution in [0.25, 0.3) is 0 Å². The summed E-state index contributed by atoms with van der Waals surface area (Å²) >= 11 is 0. The molecule has 1 saturated carbocycles. The molecule has 9 heteroatoms. The van der Waals surface area contributed by atoms with Gasteiger partial charge in [-0.2, -0.15) is 0 Å². The fourth-order valence-electron chi connectivity index (χ4n) is 3.76. The normalized spacial score (nSPS) is 24.3. The van der Waals surface area contributed by atoms with Crippen LogP contribution in [0.1, 0.15) is 50.4 Å². The highest BCUT2D eigenvalue weighted by Gasteiger charge is 2.32. The molecule has 0 radical (unpaired) electrons.